The van der Waals surface area contributed by atoms with Gasteiger partial charge in [0, 0.05) is 36.8 Å². The topological polar surface area (TPSA) is 43.9 Å². The molecule has 2 aliphatic heterocycles. The Morgan fingerprint density at radius 3 is 2.32 bits per heavy atom. The lowest BCUT2D eigenvalue weighted by atomic mass is 10.1. The molecule has 0 unspecified atom stereocenters. The predicted octanol–water partition coefficient (Wildman–Crippen LogP) is 3.00. The van der Waals surface area contributed by atoms with Gasteiger partial charge in [-0.1, -0.05) is 12.1 Å². The summed E-state index contributed by atoms with van der Waals surface area (Å²) < 4.78 is 13.1. The van der Waals surface area contributed by atoms with Gasteiger partial charge in [0.1, 0.15) is 5.82 Å². The number of carbonyl (C=O) groups is 2. The smallest absolute Gasteiger partial charge is 0.251 e. The molecule has 0 aliphatic carbocycles. The predicted molar refractivity (Wildman–Crippen MR) is 109 cm³/mol. The van der Waals surface area contributed by atoms with Crippen LogP contribution in [0.4, 0.5) is 15.8 Å². The highest BCUT2D eigenvalue weighted by Gasteiger charge is 2.43. The van der Waals surface area contributed by atoms with Gasteiger partial charge in [0.25, 0.3) is 5.91 Å². The minimum atomic E-state index is -0.405. The van der Waals surface area contributed by atoms with Crippen molar-refractivity contribution in [2.24, 2.45) is 0 Å². The van der Waals surface area contributed by atoms with E-state index >= 15 is 0 Å². The average Bonchev–Trinajstić information content (AvgIpc) is 3.02. The Morgan fingerprint density at radius 1 is 0.964 bits per heavy atom. The van der Waals surface area contributed by atoms with Gasteiger partial charge < -0.3 is 4.90 Å². The second-order valence-electron chi connectivity index (χ2n) is 6.96. The first-order valence-electron chi connectivity index (χ1n) is 9.33. The van der Waals surface area contributed by atoms with E-state index in [1.165, 1.54) is 28.8 Å². The molecule has 1 atom stereocenters. The quantitative estimate of drug-likeness (QED) is 0.584. The van der Waals surface area contributed by atoms with Crippen LogP contribution in [0.1, 0.15) is 6.42 Å². The Hall–Kier alpha value is -2.38. The molecule has 4 rings (SSSR count). The highest BCUT2D eigenvalue weighted by molar-refractivity contribution is 7.98. The molecule has 0 N–H and O–H groups in total. The van der Waals surface area contributed by atoms with E-state index in [2.05, 4.69) is 9.80 Å². The zero-order chi connectivity index (χ0) is 19.7. The van der Waals surface area contributed by atoms with Crippen molar-refractivity contribution in [3.05, 3.63) is 54.3 Å². The molecule has 2 heterocycles. The number of anilines is 2. The van der Waals surface area contributed by atoms with E-state index in [0.29, 0.717) is 18.8 Å². The van der Waals surface area contributed by atoms with Crippen molar-refractivity contribution in [2.75, 3.05) is 42.2 Å². The molecule has 0 spiro atoms. The highest BCUT2D eigenvalue weighted by atomic mass is 32.2. The number of piperazine rings is 1. The maximum absolute atomic E-state index is 13.1. The molecule has 146 valence electrons. The molecular formula is C21H22FN3O2S. The molecule has 0 radical (unpaired) electrons. The number of thioether (sulfide) groups is 1. The van der Waals surface area contributed by atoms with Crippen LogP contribution in [-0.4, -0.2) is 55.2 Å². The van der Waals surface area contributed by atoms with Crippen molar-refractivity contribution >= 4 is 35.0 Å². The summed E-state index contributed by atoms with van der Waals surface area (Å²) in [4.78, 5) is 32.3. The summed E-state index contributed by atoms with van der Waals surface area (Å²) in [7, 11) is 0. The van der Waals surface area contributed by atoms with E-state index in [0.717, 1.165) is 23.7 Å². The number of nitrogens with zero attached hydrogens (tertiary/aromatic N) is 3. The van der Waals surface area contributed by atoms with Crippen LogP contribution in [0.5, 0.6) is 0 Å². The number of carbonyl (C=O) groups excluding carboxylic acids is 2. The Morgan fingerprint density at radius 2 is 1.64 bits per heavy atom. The van der Waals surface area contributed by atoms with Gasteiger partial charge in [-0.2, -0.15) is 0 Å². The highest BCUT2D eigenvalue weighted by Crippen LogP contribution is 2.33. The third-order valence-electron chi connectivity index (χ3n) is 5.40. The SMILES string of the molecule is CSc1ccccc1N1C(=O)C[C@@H](N2CCN(c3ccc(F)cc3)CC2)C1=O. The van der Waals surface area contributed by atoms with Gasteiger partial charge >= 0.3 is 0 Å². The van der Waals surface area contributed by atoms with Gasteiger partial charge in [-0.25, -0.2) is 9.29 Å². The summed E-state index contributed by atoms with van der Waals surface area (Å²) in [6, 6.07) is 13.6. The maximum Gasteiger partial charge on any atom is 0.251 e. The molecule has 0 bridgehead atoms. The Kier molecular flexibility index (Phi) is 5.37. The first-order valence-corrected chi connectivity index (χ1v) is 10.6. The first-order chi connectivity index (χ1) is 13.6. The molecule has 2 aliphatic rings. The fourth-order valence-electron chi connectivity index (χ4n) is 3.91. The molecule has 0 aromatic heterocycles. The third-order valence-corrected chi connectivity index (χ3v) is 6.18. The Bertz CT molecular complexity index is 881. The lowest BCUT2D eigenvalue weighted by molar-refractivity contribution is -0.123. The number of rotatable bonds is 4. The molecule has 7 heteroatoms. The lowest BCUT2D eigenvalue weighted by Gasteiger charge is -2.38. The summed E-state index contributed by atoms with van der Waals surface area (Å²) in [5.74, 6) is -0.526. The number of benzene rings is 2. The van der Waals surface area contributed by atoms with Gasteiger partial charge in [0.05, 0.1) is 18.2 Å². The third kappa shape index (κ3) is 3.52. The molecule has 0 saturated carbocycles. The van der Waals surface area contributed by atoms with Crippen molar-refractivity contribution in [1.29, 1.82) is 0 Å². The van der Waals surface area contributed by atoms with Gasteiger partial charge in [-0.05, 0) is 42.7 Å². The number of hydrogen-bond acceptors (Lipinski definition) is 5. The number of para-hydroxylation sites is 1. The summed E-state index contributed by atoms with van der Waals surface area (Å²) in [5, 5.41) is 0. The first kappa shape index (κ1) is 19.0. The number of halogens is 1. The van der Waals surface area contributed by atoms with Gasteiger partial charge in [0.2, 0.25) is 5.91 Å². The Balaban J connectivity index is 1.45. The standard InChI is InChI=1S/C21H22FN3O2S/c1-28-19-5-3-2-4-17(19)25-20(26)14-18(21(25)27)24-12-10-23(11-13-24)16-8-6-15(22)7-9-16/h2-9,18H,10-14H2,1H3/t18-/m1/s1. The summed E-state index contributed by atoms with van der Waals surface area (Å²) in [6.45, 7) is 2.87. The molecule has 2 amide bonds. The molecular weight excluding hydrogens is 377 g/mol. The molecule has 2 saturated heterocycles. The van der Waals surface area contributed by atoms with Crippen molar-refractivity contribution in [3.63, 3.8) is 0 Å². The molecule has 2 aromatic carbocycles. The van der Waals surface area contributed by atoms with Crippen LogP contribution in [0.25, 0.3) is 0 Å². The van der Waals surface area contributed by atoms with Crippen molar-refractivity contribution in [2.45, 2.75) is 17.4 Å². The van der Waals surface area contributed by atoms with Crippen LogP contribution < -0.4 is 9.80 Å². The van der Waals surface area contributed by atoms with E-state index in [1.54, 1.807) is 12.1 Å². The summed E-state index contributed by atoms with van der Waals surface area (Å²) in [5.41, 5.74) is 1.66. The monoisotopic (exact) mass is 399 g/mol. The lowest BCUT2D eigenvalue weighted by Crippen LogP contribution is -2.52. The second kappa shape index (κ2) is 7.93. The van der Waals surface area contributed by atoms with E-state index < -0.39 is 6.04 Å². The van der Waals surface area contributed by atoms with Gasteiger partial charge in [-0.15, -0.1) is 11.8 Å². The molecule has 2 fully saturated rings. The molecule has 2 aromatic rings. The van der Waals surface area contributed by atoms with E-state index in [4.69, 9.17) is 0 Å². The van der Waals surface area contributed by atoms with E-state index in [9.17, 15) is 14.0 Å². The van der Waals surface area contributed by atoms with E-state index in [1.807, 2.05) is 30.5 Å². The van der Waals surface area contributed by atoms with Crippen LogP contribution in [0.2, 0.25) is 0 Å². The molecule has 5 nitrogen and oxygen atoms in total. The maximum atomic E-state index is 13.1. The second-order valence-corrected chi connectivity index (χ2v) is 7.81. The number of hydrogen-bond donors (Lipinski definition) is 0. The van der Waals surface area contributed by atoms with Gasteiger partial charge in [-0.3, -0.25) is 14.5 Å². The minimum absolute atomic E-state index is 0.137. The van der Waals surface area contributed by atoms with Crippen LogP contribution in [0.3, 0.4) is 0 Å². The van der Waals surface area contributed by atoms with Crippen LogP contribution in [-0.2, 0) is 9.59 Å². The summed E-state index contributed by atoms with van der Waals surface area (Å²) >= 11 is 1.53. The van der Waals surface area contributed by atoms with Crippen LogP contribution in [0, 0.1) is 5.82 Å². The fraction of sp³-hybridized carbons (Fsp3) is 0.333. The summed E-state index contributed by atoms with van der Waals surface area (Å²) in [6.07, 6.45) is 2.16. The zero-order valence-corrected chi connectivity index (χ0v) is 16.5. The number of imide groups is 1. The van der Waals surface area contributed by atoms with Crippen molar-refractivity contribution in [1.82, 2.24) is 4.90 Å². The van der Waals surface area contributed by atoms with Crippen molar-refractivity contribution < 1.29 is 14.0 Å². The normalized spacial score (nSPS) is 20.9. The molecule has 28 heavy (non-hydrogen) atoms. The van der Waals surface area contributed by atoms with Crippen molar-refractivity contribution in [3.8, 4) is 0 Å². The average molecular weight is 399 g/mol. The largest absolute Gasteiger partial charge is 0.369 e. The number of amides is 2. The van der Waals surface area contributed by atoms with Gasteiger partial charge in [0.15, 0.2) is 0 Å². The van der Waals surface area contributed by atoms with Crippen LogP contribution in [0.15, 0.2) is 53.4 Å². The zero-order valence-electron chi connectivity index (χ0n) is 15.7. The fourth-order valence-corrected chi connectivity index (χ4v) is 4.50. The van der Waals surface area contributed by atoms with Crippen LogP contribution >= 0.6 is 11.8 Å². The minimum Gasteiger partial charge on any atom is -0.369 e. The van der Waals surface area contributed by atoms with E-state index in [-0.39, 0.29) is 24.1 Å². The Labute approximate surface area is 168 Å².